The lowest BCUT2D eigenvalue weighted by Gasteiger charge is -2.04. The zero-order valence-corrected chi connectivity index (χ0v) is 10.8. The van der Waals surface area contributed by atoms with Gasteiger partial charge >= 0.3 is 11.9 Å². The van der Waals surface area contributed by atoms with Gasteiger partial charge in [0, 0.05) is 5.69 Å². The highest BCUT2D eigenvalue weighted by Gasteiger charge is 2.15. The third kappa shape index (κ3) is 2.65. The summed E-state index contributed by atoms with van der Waals surface area (Å²) in [5.74, 6) is -1.64. The molecule has 1 aromatic carbocycles. The van der Waals surface area contributed by atoms with Crippen molar-refractivity contribution in [1.29, 1.82) is 0 Å². The van der Waals surface area contributed by atoms with Gasteiger partial charge in [-0.2, -0.15) is 0 Å². The van der Waals surface area contributed by atoms with Gasteiger partial charge in [0.1, 0.15) is 0 Å². The van der Waals surface area contributed by atoms with E-state index in [2.05, 4.69) is 15.0 Å². The highest BCUT2D eigenvalue weighted by molar-refractivity contribution is 7.18. The van der Waals surface area contributed by atoms with E-state index >= 15 is 0 Å². The molecule has 0 atom stereocenters. The van der Waals surface area contributed by atoms with Gasteiger partial charge in [0.05, 0.1) is 21.8 Å². The molecule has 6 heteroatoms. The van der Waals surface area contributed by atoms with Gasteiger partial charge in [0.15, 0.2) is 0 Å². The molecule has 0 fully saturated rings. The summed E-state index contributed by atoms with van der Waals surface area (Å²) in [4.78, 5) is 26.9. The second kappa shape index (κ2) is 5.14. The predicted molar refractivity (Wildman–Crippen MR) is 69.6 cm³/mol. The number of nitrogens with one attached hydrogen (secondary N) is 1. The summed E-state index contributed by atoms with van der Waals surface area (Å²) in [6.07, 6.45) is 0. The van der Waals surface area contributed by atoms with Gasteiger partial charge in [-0.1, -0.05) is 0 Å². The molecule has 0 aliphatic heterocycles. The largest absolute Gasteiger partial charge is 0.459 e. The van der Waals surface area contributed by atoms with Gasteiger partial charge < -0.3 is 10.1 Å². The molecule has 2 aromatic rings. The Bertz CT molecular complexity index is 606. The van der Waals surface area contributed by atoms with Gasteiger partial charge in [-0.3, -0.25) is 4.79 Å². The average molecular weight is 264 g/mol. The Balaban J connectivity index is 2.16. The van der Waals surface area contributed by atoms with Crippen LogP contribution in [0.3, 0.4) is 0 Å². The van der Waals surface area contributed by atoms with Crippen LogP contribution in [-0.2, 0) is 14.3 Å². The highest BCUT2D eigenvalue weighted by Crippen LogP contribution is 2.24. The van der Waals surface area contributed by atoms with Crippen LogP contribution in [0.15, 0.2) is 18.2 Å². The molecular weight excluding hydrogens is 252 g/mol. The Morgan fingerprint density at radius 1 is 1.44 bits per heavy atom. The highest BCUT2D eigenvalue weighted by atomic mass is 32.1. The zero-order valence-electron chi connectivity index (χ0n) is 10.0. The Kier molecular flexibility index (Phi) is 3.57. The number of nitrogens with zero attached hydrogens (tertiary/aromatic N) is 1. The summed E-state index contributed by atoms with van der Waals surface area (Å²) < 4.78 is 5.57. The maximum atomic E-state index is 11.4. The van der Waals surface area contributed by atoms with Gasteiger partial charge in [-0.15, -0.1) is 11.3 Å². The van der Waals surface area contributed by atoms with E-state index in [4.69, 9.17) is 0 Å². The topological polar surface area (TPSA) is 68.3 Å². The van der Waals surface area contributed by atoms with Crippen LogP contribution in [0.2, 0.25) is 0 Å². The molecule has 94 valence electrons. The first-order chi connectivity index (χ1) is 8.60. The van der Waals surface area contributed by atoms with E-state index in [0.29, 0.717) is 5.69 Å². The molecule has 0 bridgehead atoms. The maximum absolute atomic E-state index is 11.4. The summed E-state index contributed by atoms with van der Waals surface area (Å²) in [6.45, 7) is 3.75. The molecule has 1 N–H and O–H groups in total. The summed E-state index contributed by atoms with van der Waals surface area (Å²) >= 11 is 1.53. The molecule has 5 nitrogen and oxygen atoms in total. The number of carbonyl (C=O) groups is 2. The van der Waals surface area contributed by atoms with Crippen LogP contribution < -0.4 is 5.32 Å². The summed E-state index contributed by atoms with van der Waals surface area (Å²) in [7, 11) is 0. The minimum atomic E-state index is -0.877. The molecular formula is C12H12N2O3S. The number of ether oxygens (including phenoxy) is 1. The lowest BCUT2D eigenvalue weighted by molar-refractivity contribution is -0.152. The number of hydrogen-bond donors (Lipinski definition) is 1. The molecule has 1 heterocycles. The number of carbonyl (C=O) groups excluding carboxylic acids is 2. The molecule has 0 saturated heterocycles. The number of anilines is 1. The Morgan fingerprint density at radius 3 is 2.94 bits per heavy atom. The number of aryl methyl sites for hydroxylation is 1. The number of thiazole rings is 1. The maximum Gasteiger partial charge on any atom is 0.397 e. The average Bonchev–Trinajstić information content (AvgIpc) is 2.68. The molecule has 0 aliphatic rings. The normalized spacial score (nSPS) is 10.3. The van der Waals surface area contributed by atoms with Crippen LogP contribution in [0, 0.1) is 6.92 Å². The van der Waals surface area contributed by atoms with Crippen molar-refractivity contribution in [3.8, 4) is 0 Å². The molecule has 1 aromatic heterocycles. The van der Waals surface area contributed by atoms with E-state index in [0.717, 1.165) is 15.2 Å². The third-order valence-electron chi connectivity index (χ3n) is 2.21. The van der Waals surface area contributed by atoms with Crippen molar-refractivity contribution in [2.45, 2.75) is 13.8 Å². The summed E-state index contributed by atoms with van der Waals surface area (Å²) in [5, 5.41) is 3.45. The number of aromatic nitrogens is 1. The fraction of sp³-hybridized carbons (Fsp3) is 0.250. The number of amides is 1. The Labute approximate surface area is 108 Å². The molecule has 18 heavy (non-hydrogen) atoms. The first-order valence-electron chi connectivity index (χ1n) is 5.45. The Morgan fingerprint density at radius 2 is 2.22 bits per heavy atom. The van der Waals surface area contributed by atoms with Gasteiger partial charge in [0.2, 0.25) is 0 Å². The molecule has 1 amide bonds. The first kappa shape index (κ1) is 12.5. The molecule has 0 aliphatic carbocycles. The minimum absolute atomic E-state index is 0.180. The van der Waals surface area contributed by atoms with Crippen molar-refractivity contribution >= 4 is 39.1 Å². The van der Waals surface area contributed by atoms with Crippen molar-refractivity contribution in [2.24, 2.45) is 0 Å². The molecule has 0 spiro atoms. The number of esters is 1. The van der Waals surface area contributed by atoms with Crippen molar-refractivity contribution in [1.82, 2.24) is 4.98 Å². The SMILES string of the molecule is CCOC(=O)C(=O)Nc1ccc2nc(C)sc2c1. The zero-order chi connectivity index (χ0) is 13.1. The van der Waals surface area contributed by atoms with Crippen LogP contribution in [0.1, 0.15) is 11.9 Å². The van der Waals surface area contributed by atoms with Crippen molar-refractivity contribution in [3.63, 3.8) is 0 Å². The lowest BCUT2D eigenvalue weighted by Crippen LogP contribution is -2.24. The fourth-order valence-electron chi connectivity index (χ4n) is 1.50. The standard InChI is InChI=1S/C12H12N2O3S/c1-3-17-12(16)11(15)14-8-4-5-9-10(6-8)18-7(2)13-9/h4-6H,3H2,1-2H3,(H,14,15). The number of benzene rings is 1. The van der Waals surface area contributed by atoms with Crippen LogP contribution in [0.4, 0.5) is 5.69 Å². The summed E-state index contributed by atoms with van der Waals surface area (Å²) in [5.41, 5.74) is 1.44. The number of hydrogen-bond acceptors (Lipinski definition) is 5. The van der Waals surface area contributed by atoms with Crippen LogP contribution in [-0.4, -0.2) is 23.5 Å². The van der Waals surface area contributed by atoms with Crippen molar-refractivity contribution in [2.75, 3.05) is 11.9 Å². The van der Waals surface area contributed by atoms with Gasteiger partial charge in [-0.25, -0.2) is 9.78 Å². The van der Waals surface area contributed by atoms with E-state index in [1.165, 1.54) is 11.3 Å². The second-order valence-electron chi connectivity index (χ2n) is 3.59. The van der Waals surface area contributed by atoms with E-state index in [9.17, 15) is 9.59 Å². The van der Waals surface area contributed by atoms with Gasteiger partial charge in [-0.05, 0) is 32.0 Å². The molecule has 0 unspecified atom stereocenters. The van der Waals surface area contributed by atoms with Crippen LogP contribution in [0.5, 0.6) is 0 Å². The monoisotopic (exact) mass is 264 g/mol. The molecule has 0 saturated carbocycles. The minimum Gasteiger partial charge on any atom is -0.459 e. The molecule has 0 radical (unpaired) electrons. The fourth-order valence-corrected chi connectivity index (χ4v) is 2.36. The Hall–Kier alpha value is -1.95. The van der Waals surface area contributed by atoms with E-state index in [-0.39, 0.29) is 6.61 Å². The van der Waals surface area contributed by atoms with Crippen LogP contribution >= 0.6 is 11.3 Å². The lowest BCUT2D eigenvalue weighted by atomic mass is 10.3. The van der Waals surface area contributed by atoms with E-state index in [1.54, 1.807) is 25.1 Å². The smallest absolute Gasteiger partial charge is 0.397 e. The molecule has 2 rings (SSSR count). The summed E-state index contributed by atoms with van der Waals surface area (Å²) in [6, 6.07) is 5.30. The van der Waals surface area contributed by atoms with Crippen molar-refractivity contribution in [3.05, 3.63) is 23.2 Å². The predicted octanol–water partition coefficient (Wildman–Crippen LogP) is 2.11. The third-order valence-corrected chi connectivity index (χ3v) is 3.15. The first-order valence-corrected chi connectivity index (χ1v) is 6.27. The van der Waals surface area contributed by atoms with Crippen molar-refractivity contribution < 1.29 is 14.3 Å². The quantitative estimate of drug-likeness (QED) is 0.666. The number of rotatable bonds is 2. The van der Waals surface area contributed by atoms with E-state index < -0.39 is 11.9 Å². The second-order valence-corrected chi connectivity index (χ2v) is 4.82. The number of fused-ring (bicyclic) bond motifs is 1. The van der Waals surface area contributed by atoms with E-state index in [1.807, 2.05) is 6.92 Å². The van der Waals surface area contributed by atoms with Gasteiger partial charge in [0.25, 0.3) is 0 Å². The van der Waals surface area contributed by atoms with Crippen LogP contribution in [0.25, 0.3) is 10.2 Å².